The highest BCUT2D eigenvalue weighted by Crippen LogP contribution is 2.30. The van der Waals surface area contributed by atoms with Gasteiger partial charge in [-0.25, -0.2) is 9.18 Å². The highest BCUT2D eigenvalue weighted by atomic mass is 19.1. The molecule has 0 radical (unpaired) electrons. The summed E-state index contributed by atoms with van der Waals surface area (Å²) in [6, 6.07) is 12.4. The number of aliphatic carboxylic acids is 1. The fraction of sp³-hybridized carbons (Fsp3) is 0.344. The quantitative estimate of drug-likeness (QED) is 0.349. The topological polar surface area (TPSA) is 144 Å². The Balaban J connectivity index is 1.38. The summed E-state index contributed by atoms with van der Waals surface area (Å²) in [5, 5.41) is 15.1. The fourth-order valence-corrected chi connectivity index (χ4v) is 5.42. The van der Waals surface area contributed by atoms with Gasteiger partial charge in [0.05, 0.1) is 37.1 Å². The molecule has 1 atom stereocenters. The minimum absolute atomic E-state index is 0.0181. The Kier molecular flexibility index (Phi) is 10.2. The number of carboxylic acids is 1. The molecule has 236 valence electrons. The van der Waals surface area contributed by atoms with E-state index >= 15 is 0 Å². The molecule has 12 nitrogen and oxygen atoms in total. The zero-order valence-electron chi connectivity index (χ0n) is 24.7. The van der Waals surface area contributed by atoms with Crippen LogP contribution in [0, 0.1) is 5.82 Å². The molecule has 2 saturated heterocycles. The number of carboxylic acid groups (broad SMARTS) is 1. The van der Waals surface area contributed by atoms with Crippen molar-refractivity contribution in [3.63, 3.8) is 0 Å². The number of carbonyl (C=O) groups is 4. The molecule has 1 aromatic heterocycles. The van der Waals surface area contributed by atoms with Gasteiger partial charge in [0, 0.05) is 62.8 Å². The minimum Gasteiger partial charge on any atom is -0.481 e. The van der Waals surface area contributed by atoms with Gasteiger partial charge in [-0.2, -0.15) is 0 Å². The number of ether oxygens (including phenoxy) is 1. The van der Waals surface area contributed by atoms with Crippen molar-refractivity contribution in [3.8, 4) is 0 Å². The molecule has 0 aliphatic carbocycles. The van der Waals surface area contributed by atoms with Gasteiger partial charge in [-0.3, -0.25) is 19.4 Å². The average Bonchev–Trinajstić information content (AvgIpc) is 3.31. The Morgan fingerprint density at radius 3 is 2.27 bits per heavy atom. The van der Waals surface area contributed by atoms with E-state index in [-0.39, 0.29) is 11.6 Å². The third-order valence-corrected chi connectivity index (χ3v) is 7.79. The first kappa shape index (κ1) is 31.4. The van der Waals surface area contributed by atoms with Gasteiger partial charge in [0.1, 0.15) is 5.82 Å². The molecule has 2 aromatic carbocycles. The third-order valence-electron chi connectivity index (χ3n) is 7.79. The number of pyridine rings is 1. The van der Waals surface area contributed by atoms with Crippen LogP contribution in [0.25, 0.3) is 0 Å². The van der Waals surface area contributed by atoms with Crippen LogP contribution in [0.5, 0.6) is 0 Å². The predicted octanol–water partition coefficient (Wildman–Crippen LogP) is 3.38. The van der Waals surface area contributed by atoms with Gasteiger partial charge in [-0.05, 0) is 54.4 Å². The molecule has 5 rings (SSSR count). The molecule has 3 heterocycles. The minimum atomic E-state index is -1.13. The number of urea groups is 1. The number of benzene rings is 2. The molecule has 1 unspecified atom stereocenters. The van der Waals surface area contributed by atoms with Gasteiger partial charge in [-0.15, -0.1) is 0 Å². The number of nitrogens with one attached hydrogen (secondary N) is 2. The molecular weight excluding hydrogens is 583 g/mol. The van der Waals surface area contributed by atoms with Crippen molar-refractivity contribution >= 4 is 35.2 Å². The first-order valence-corrected chi connectivity index (χ1v) is 14.8. The second-order valence-electron chi connectivity index (χ2n) is 10.8. The standard InChI is InChI=1S/C32H35FN6O6/c33-25-5-2-22(3-6-25)26(21-29(40)41)35-31(43)24-4-7-28(27(20-24)36-30(42)23-8-10-34-11-9-23)37-12-1-13-38(15-14-37)32(44)39-16-18-45-19-17-39/h2-11,20,26H,1,12-19,21H2,(H,35,43)(H,36,42)(H,40,41). The van der Waals surface area contributed by atoms with Crippen molar-refractivity contribution in [2.45, 2.75) is 18.9 Å². The van der Waals surface area contributed by atoms with Crippen LogP contribution in [0.1, 0.15) is 45.2 Å². The summed E-state index contributed by atoms with van der Waals surface area (Å²) in [4.78, 5) is 61.0. The number of halogens is 1. The van der Waals surface area contributed by atoms with Crippen molar-refractivity contribution in [2.75, 3.05) is 62.7 Å². The van der Waals surface area contributed by atoms with Crippen molar-refractivity contribution < 1.29 is 33.4 Å². The molecule has 2 aliphatic rings. The van der Waals surface area contributed by atoms with Gasteiger partial charge < -0.3 is 35.2 Å². The Labute approximate surface area is 259 Å². The monoisotopic (exact) mass is 618 g/mol. The first-order valence-electron chi connectivity index (χ1n) is 14.8. The van der Waals surface area contributed by atoms with E-state index in [9.17, 15) is 28.7 Å². The maximum absolute atomic E-state index is 13.5. The largest absolute Gasteiger partial charge is 0.481 e. The predicted molar refractivity (Wildman–Crippen MR) is 164 cm³/mol. The van der Waals surface area contributed by atoms with Gasteiger partial charge in [-0.1, -0.05) is 12.1 Å². The van der Waals surface area contributed by atoms with Crippen LogP contribution in [-0.2, 0) is 9.53 Å². The number of carbonyl (C=O) groups excluding carboxylic acids is 3. The lowest BCUT2D eigenvalue weighted by atomic mass is 10.0. The number of aromatic nitrogens is 1. The number of rotatable bonds is 8. The van der Waals surface area contributed by atoms with E-state index in [4.69, 9.17) is 4.74 Å². The van der Waals surface area contributed by atoms with Crippen molar-refractivity contribution in [3.05, 3.63) is 89.5 Å². The van der Waals surface area contributed by atoms with Crippen molar-refractivity contribution in [1.82, 2.24) is 20.1 Å². The van der Waals surface area contributed by atoms with E-state index in [0.717, 1.165) is 0 Å². The first-order chi connectivity index (χ1) is 21.8. The molecule has 2 fully saturated rings. The Bertz CT molecular complexity index is 1520. The molecule has 45 heavy (non-hydrogen) atoms. The number of nitrogens with zero attached hydrogens (tertiary/aromatic N) is 4. The summed E-state index contributed by atoms with van der Waals surface area (Å²) in [6.45, 7) is 4.34. The lowest BCUT2D eigenvalue weighted by Crippen LogP contribution is -2.49. The van der Waals surface area contributed by atoms with Crippen molar-refractivity contribution in [2.24, 2.45) is 0 Å². The number of morpholine rings is 1. The molecule has 0 spiro atoms. The van der Waals surface area contributed by atoms with Gasteiger partial charge in [0.25, 0.3) is 11.8 Å². The highest BCUT2D eigenvalue weighted by molar-refractivity contribution is 6.07. The highest BCUT2D eigenvalue weighted by Gasteiger charge is 2.27. The zero-order chi connectivity index (χ0) is 31.8. The Hall–Kier alpha value is -5.04. The maximum Gasteiger partial charge on any atom is 0.320 e. The maximum atomic E-state index is 13.5. The second kappa shape index (κ2) is 14.6. The normalized spacial score (nSPS) is 16.0. The molecule has 3 N–H and O–H groups in total. The summed E-state index contributed by atoms with van der Waals surface area (Å²) in [7, 11) is 0. The lowest BCUT2D eigenvalue weighted by Gasteiger charge is -2.32. The summed E-state index contributed by atoms with van der Waals surface area (Å²) in [5.74, 6) is -2.57. The van der Waals surface area contributed by atoms with Crippen LogP contribution in [0.2, 0.25) is 0 Å². The zero-order valence-corrected chi connectivity index (χ0v) is 24.7. The number of amides is 4. The fourth-order valence-electron chi connectivity index (χ4n) is 5.42. The second-order valence-corrected chi connectivity index (χ2v) is 10.8. The lowest BCUT2D eigenvalue weighted by molar-refractivity contribution is -0.137. The smallest absolute Gasteiger partial charge is 0.320 e. The molecule has 13 heteroatoms. The van der Waals surface area contributed by atoms with Crippen LogP contribution in [0.3, 0.4) is 0 Å². The van der Waals surface area contributed by atoms with E-state index in [2.05, 4.69) is 20.5 Å². The third kappa shape index (κ3) is 8.12. The number of hydrogen-bond donors (Lipinski definition) is 3. The Morgan fingerprint density at radius 1 is 0.844 bits per heavy atom. The van der Waals surface area contributed by atoms with Crippen LogP contribution in [0.4, 0.5) is 20.6 Å². The molecule has 0 saturated carbocycles. The van der Waals surface area contributed by atoms with E-state index < -0.39 is 36.1 Å². The number of hydrogen-bond acceptors (Lipinski definition) is 7. The molecule has 0 bridgehead atoms. The van der Waals surface area contributed by atoms with Gasteiger partial charge in [0.15, 0.2) is 0 Å². The van der Waals surface area contributed by atoms with E-state index in [1.54, 1.807) is 35.2 Å². The molecule has 2 aliphatic heterocycles. The molecule has 4 amide bonds. The van der Waals surface area contributed by atoms with E-state index in [1.807, 2.05) is 4.90 Å². The molecular formula is C32H35FN6O6. The van der Waals surface area contributed by atoms with E-state index in [0.29, 0.717) is 81.4 Å². The Morgan fingerprint density at radius 2 is 1.56 bits per heavy atom. The van der Waals surface area contributed by atoms with Crippen LogP contribution < -0.4 is 15.5 Å². The van der Waals surface area contributed by atoms with Crippen LogP contribution in [0.15, 0.2) is 67.0 Å². The van der Waals surface area contributed by atoms with Crippen LogP contribution in [-0.4, -0.2) is 96.2 Å². The summed E-state index contributed by atoms with van der Waals surface area (Å²) < 4.78 is 18.9. The summed E-state index contributed by atoms with van der Waals surface area (Å²) in [5.41, 5.74) is 2.07. The van der Waals surface area contributed by atoms with Gasteiger partial charge in [0.2, 0.25) is 0 Å². The summed E-state index contributed by atoms with van der Waals surface area (Å²) in [6.07, 6.45) is 3.30. The van der Waals surface area contributed by atoms with Gasteiger partial charge >= 0.3 is 12.0 Å². The SMILES string of the molecule is O=C(O)CC(NC(=O)c1ccc(N2CCCN(C(=O)N3CCOCC3)CC2)c(NC(=O)c2ccncc2)c1)c1ccc(F)cc1. The number of anilines is 2. The average molecular weight is 619 g/mol. The molecule has 3 aromatic rings. The van der Waals surface area contributed by atoms with Crippen LogP contribution >= 0.6 is 0 Å². The summed E-state index contributed by atoms with van der Waals surface area (Å²) >= 11 is 0. The van der Waals surface area contributed by atoms with E-state index in [1.165, 1.54) is 36.7 Å². The van der Waals surface area contributed by atoms with Crippen molar-refractivity contribution in [1.29, 1.82) is 0 Å².